The van der Waals surface area contributed by atoms with E-state index in [2.05, 4.69) is 10.2 Å². The first-order chi connectivity index (χ1) is 8.31. The normalized spacial score (nSPS) is 10.5. The highest BCUT2D eigenvalue weighted by Crippen LogP contribution is 2.14. The lowest BCUT2D eigenvalue weighted by Gasteiger charge is -2.04. The van der Waals surface area contributed by atoms with E-state index >= 15 is 0 Å². The van der Waals surface area contributed by atoms with E-state index in [4.69, 9.17) is 14.9 Å². The van der Waals surface area contributed by atoms with Crippen LogP contribution in [0.2, 0.25) is 0 Å². The van der Waals surface area contributed by atoms with Crippen LogP contribution in [0.3, 0.4) is 0 Å². The summed E-state index contributed by atoms with van der Waals surface area (Å²) in [5.74, 6) is 1.86. The second kappa shape index (κ2) is 5.45. The maximum Gasteiger partial charge on any atom is 0.253 e. The number of nitrogens with zero attached hydrogens (tertiary/aromatic N) is 2. The fourth-order valence-corrected chi connectivity index (χ4v) is 1.40. The van der Waals surface area contributed by atoms with Crippen molar-refractivity contribution in [1.29, 1.82) is 0 Å². The van der Waals surface area contributed by atoms with Crippen LogP contribution in [-0.4, -0.2) is 10.2 Å². The van der Waals surface area contributed by atoms with Gasteiger partial charge < -0.3 is 14.9 Å². The molecule has 2 rings (SSSR count). The van der Waals surface area contributed by atoms with Gasteiger partial charge in [-0.2, -0.15) is 0 Å². The maximum atomic E-state index is 5.55. The van der Waals surface area contributed by atoms with Gasteiger partial charge in [0.2, 0.25) is 5.89 Å². The van der Waals surface area contributed by atoms with Crippen molar-refractivity contribution in [2.75, 3.05) is 0 Å². The van der Waals surface area contributed by atoms with Crippen LogP contribution in [0.15, 0.2) is 28.7 Å². The molecule has 2 N–H and O–H groups in total. The average molecular weight is 233 g/mol. The van der Waals surface area contributed by atoms with Gasteiger partial charge in [-0.25, -0.2) is 0 Å². The average Bonchev–Trinajstić information content (AvgIpc) is 2.84. The fourth-order valence-electron chi connectivity index (χ4n) is 1.40. The Kier molecular flexibility index (Phi) is 3.72. The van der Waals surface area contributed by atoms with E-state index in [9.17, 15) is 0 Å². The van der Waals surface area contributed by atoms with E-state index in [1.54, 1.807) is 0 Å². The second-order valence-electron chi connectivity index (χ2n) is 3.58. The van der Waals surface area contributed by atoms with Crippen LogP contribution in [-0.2, 0) is 19.6 Å². The Hall–Kier alpha value is -1.88. The van der Waals surface area contributed by atoms with E-state index in [-0.39, 0.29) is 6.61 Å². The molecule has 5 nitrogen and oxygen atoms in total. The highest BCUT2D eigenvalue weighted by Gasteiger charge is 2.05. The van der Waals surface area contributed by atoms with Crippen molar-refractivity contribution in [3.05, 3.63) is 41.6 Å². The first-order valence-corrected chi connectivity index (χ1v) is 5.55. The van der Waals surface area contributed by atoms with Crippen LogP contribution in [0, 0.1) is 0 Å². The Bertz CT molecular complexity index is 482. The summed E-state index contributed by atoms with van der Waals surface area (Å²) in [6.45, 7) is 2.74. The zero-order chi connectivity index (χ0) is 12.1. The van der Waals surface area contributed by atoms with Gasteiger partial charge in [0.05, 0.1) is 0 Å². The van der Waals surface area contributed by atoms with Crippen molar-refractivity contribution >= 4 is 0 Å². The number of hydrogen-bond acceptors (Lipinski definition) is 5. The molecular weight excluding hydrogens is 218 g/mol. The van der Waals surface area contributed by atoms with Crippen molar-refractivity contribution in [2.45, 2.75) is 26.5 Å². The summed E-state index contributed by atoms with van der Waals surface area (Å²) < 4.78 is 10.9. The smallest absolute Gasteiger partial charge is 0.253 e. The standard InChI is InChI=1S/C12H15N3O2/c1-2-11-14-15-12(17-11)8-16-10-5-3-4-9(6-10)7-13/h3-6H,2,7-8,13H2,1H3. The van der Waals surface area contributed by atoms with Crippen LogP contribution in [0.5, 0.6) is 5.75 Å². The molecule has 17 heavy (non-hydrogen) atoms. The number of ether oxygens (including phenoxy) is 1. The Balaban J connectivity index is 1.96. The minimum atomic E-state index is 0.279. The minimum Gasteiger partial charge on any atom is -0.484 e. The monoisotopic (exact) mass is 233 g/mol. The summed E-state index contributed by atoms with van der Waals surface area (Å²) in [4.78, 5) is 0. The lowest BCUT2D eigenvalue weighted by molar-refractivity contribution is 0.259. The van der Waals surface area contributed by atoms with Crippen molar-refractivity contribution in [1.82, 2.24) is 10.2 Å². The molecule has 0 unspecified atom stereocenters. The Morgan fingerprint density at radius 3 is 2.82 bits per heavy atom. The molecule has 0 aliphatic carbocycles. The molecule has 0 radical (unpaired) electrons. The van der Waals surface area contributed by atoms with Gasteiger partial charge in [-0.15, -0.1) is 10.2 Å². The molecule has 5 heteroatoms. The number of benzene rings is 1. The molecule has 0 aliphatic rings. The van der Waals surface area contributed by atoms with Crippen LogP contribution in [0.25, 0.3) is 0 Å². The summed E-state index contributed by atoms with van der Waals surface area (Å²) in [6, 6.07) is 7.63. The van der Waals surface area contributed by atoms with Gasteiger partial charge >= 0.3 is 0 Å². The van der Waals surface area contributed by atoms with Gasteiger partial charge in [-0.05, 0) is 17.7 Å². The van der Waals surface area contributed by atoms with Crippen molar-refractivity contribution < 1.29 is 9.15 Å². The number of aromatic nitrogens is 2. The van der Waals surface area contributed by atoms with E-state index in [0.29, 0.717) is 18.3 Å². The molecule has 0 bridgehead atoms. The van der Waals surface area contributed by atoms with Gasteiger partial charge in [0.15, 0.2) is 6.61 Å². The first-order valence-electron chi connectivity index (χ1n) is 5.55. The van der Waals surface area contributed by atoms with E-state index in [1.165, 1.54) is 0 Å². The maximum absolute atomic E-state index is 5.55. The zero-order valence-corrected chi connectivity index (χ0v) is 9.72. The number of nitrogens with two attached hydrogens (primary N) is 1. The SMILES string of the molecule is CCc1nnc(COc2cccc(CN)c2)o1. The van der Waals surface area contributed by atoms with Crippen LogP contribution < -0.4 is 10.5 Å². The molecular formula is C12H15N3O2. The fraction of sp³-hybridized carbons (Fsp3) is 0.333. The molecule has 90 valence electrons. The molecule has 0 amide bonds. The molecule has 2 aromatic rings. The zero-order valence-electron chi connectivity index (χ0n) is 9.72. The molecule has 1 heterocycles. The minimum absolute atomic E-state index is 0.279. The molecule has 0 fully saturated rings. The van der Waals surface area contributed by atoms with Crippen LogP contribution in [0.4, 0.5) is 0 Å². The van der Waals surface area contributed by atoms with Crippen LogP contribution >= 0.6 is 0 Å². The lowest BCUT2D eigenvalue weighted by Crippen LogP contribution is -1.99. The molecule has 0 saturated heterocycles. The van der Waals surface area contributed by atoms with Crippen molar-refractivity contribution in [3.63, 3.8) is 0 Å². The third kappa shape index (κ3) is 3.04. The summed E-state index contributed by atoms with van der Waals surface area (Å²) in [6.07, 6.45) is 0.732. The van der Waals surface area contributed by atoms with Gasteiger partial charge in [-0.3, -0.25) is 0 Å². The Morgan fingerprint density at radius 1 is 1.29 bits per heavy atom. The largest absolute Gasteiger partial charge is 0.484 e. The number of aryl methyl sites for hydroxylation is 1. The predicted octanol–water partition coefficient (Wildman–Crippen LogP) is 1.67. The first kappa shape index (κ1) is 11.6. The molecule has 0 aliphatic heterocycles. The predicted molar refractivity (Wildman–Crippen MR) is 62.3 cm³/mol. The summed E-state index contributed by atoms with van der Waals surface area (Å²) in [5.41, 5.74) is 6.58. The molecule has 1 aromatic heterocycles. The molecule has 0 atom stereocenters. The second-order valence-corrected chi connectivity index (χ2v) is 3.58. The Labute approximate surface area is 99.6 Å². The number of rotatable bonds is 5. The third-order valence-corrected chi connectivity index (χ3v) is 2.31. The van der Waals surface area contributed by atoms with Gasteiger partial charge in [-0.1, -0.05) is 19.1 Å². The van der Waals surface area contributed by atoms with Gasteiger partial charge in [0, 0.05) is 13.0 Å². The highest BCUT2D eigenvalue weighted by molar-refractivity contribution is 5.28. The topological polar surface area (TPSA) is 74.2 Å². The van der Waals surface area contributed by atoms with Gasteiger partial charge in [0.1, 0.15) is 5.75 Å². The summed E-state index contributed by atoms with van der Waals surface area (Å²) in [5, 5.41) is 7.74. The Morgan fingerprint density at radius 2 is 2.12 bits per heavy atom. The van der Waals surface area contributed by atoms with E-state index in [0.717, 1.165) is 17.7 Å². The van der Waals surface area contributed by atoms with Crippen molar-refractivity contribution in [3.8, 4) is 5.75 Å². The lowest BCUT2D eigenvalue weighted by atomic mass is 10.2. The summed E-state index contributed by atoms with van der Waals surface area (Å²) >= 11 is 0. The van der Waals surface area contributed by atoms with Crippen LogP contribution in [0.1, 0.15) is 24.3 Å². The third-order valence-electron chi connectivity index (χ3n) is 2.31. The molecule has 1 aromatic carbocycles. The van der Waals surface area contributed by atoms with E-state index in [1.807, 2.05) is 31.2 Å². The highest BCUT2D eigenvalue weighted by atomic mass is 16.5. The van der Waals surface area contributed by atoms with Gasteiger partial charge in [0.25, 0.3) is 5.89 Å². The quantitative estimate of drug-likeness (QED) is 0.850. The van der Waals surface area contributed by atoms with E-state index < -0.39 is 0 Å². The van der Waals surface area contributed by atoms with Crippen molar-refractivity contribution in [2.24, 2.45) is 5.73 Å². The summed E-state index contributed by atoms with van der Waals surface area (Å²) in [7, 11) is 0. The molecule has 0 spiro atoms. The molecule has 0 saturated carbocycles. The number of hydrogen-bond donors (Lipinski definition) is 1.